The van der Waals surface area contributed by atoms with Gasteiger partial charge in [0.1, 0.15) is 4.99 Å². The van der Waals surface area contributed by atoms with Gasteiger partial charge in [-0.3, -0.25) is 0 Å². The van der Waals surface area contributed by atoms with E-state index in [0.717, 1.165) is 24.6 Å². The van der Waals surface area contributed by atoms with Crippen molar-refractivity contribution in [3.8, 4) is 0 Å². The first-order chi connectivity index (χ1) is 8.76. The summed E-state index contributed by atoms with van der Waals surface area (Å²) in [5.74, 6) is 0.591. The lowest BCUT2D eigenvalue weighted by Gasteiger charge is -2.29. The highest BCUT2D eigenvalue weighted by Crippen LogP contribution is 2.27. The van der Waals surface area contributed by atoms with Gasteiger partial charge in [0.25, 0.3) is 0 Å². The lowest BCUT2D eigenvalue weighted by Crippen LogP contribution is -2.36. The summed E-state index contributed by atoms with van der Waals surface area (Å²) in [6.07, 6.45) is 1.20. The van der Waals surface area contributed by atoms with Crippen molar-refractivity contribution in [2.75, 3.05) is 26.2 Å². The standard InChI is InChI=1S/C15H22N2S/c1-3-17(4-2)10-9-12-11-16-15(18)14-8-6-5-7-13(12)14/h5-8,12H,3-4,9-11H2,1-2H3,(H,16,18). The lowest BCUT2D eigenvalue weighted by molar-refractivity contribution is 0.289. The molecule has 2 nitrogen and oxygen atoms in total. The van der Waals surface area contributed by atoms with Crippen LogP contribution in [0.25, 0.3) is 0 Å². The van der Waals surface area contributed by atoms with E-state index in [9.17, 15) is 0 Å². The highest BCUT2D eigenvalue weighted by molar-refractivity contribution is 7.80. The van der Waals surface area contributed by atoms with E-state index in [2.05, 4.69) is 48.3 Å². The molecule has 0 aliphatic carbocycles. The fourth-order valence-electron chi connectivity index (χ4n) is 2.62. The second kappa shape index (κ2) is 6.30. The third-order valence-corrected chi connectivity index (χ3v) is 4.21. The lowest BCUT2D eigenvalue weighted by atomic mass is 9.88. The molecular formula is C15H22N2S. The van der Waals surface area contributed by atoms with Gasteiger partial charge < -0.3 is 10.2 Å². The van der Waals surface area contributed by atoms with Crippen molar-refractivity contribution in [1.82, 2.24) is 10.2 Å². The molecule has 0 spiro atoms. The Hall–Kier alpha value is -0.930. The maximum absolute atomic E-state index is 5.37. The van der Waals surface area contributed by atoms with Gasteiger partial charge in [0.2, 0.25) is 0 Å². The molecule has 2 rings (SSSR count). The molecule has 0 fully saturated rings. The molecule has 1 unspecified atom stereocenters. The van der Waals surface area contributed by atoms with Gasteiger partial charge in [-0.1, -0.05) is 50.3 Å². The average molecular weight is 262 g/mol. The van der Waals surface area contributed by atoms with Gasteiger partial charge in [-0.25, -0.2) is 0 Å². The Bertz CT molecular complexity index is 413. The van der Waals surface area contributed by atoms with Gasteiger partial charge in [-0.15, -0.1) is 0 Å². The fraction of sp³-hybridized carbons (Fsp3) is 0.533. The topological polar surface area (TPSA) is 15.3 Å². The molecule has 0 bridgehead atoms. The molecule has 1 N–H and O–H groups in total. The summed E-state index contributed by atoms with van der Waals surface area (Å²) in [5.41, 5.74) is 2.65. The first-order valence-electron chi connectivity index (χ1n) is 6.85. The van der Waals surface area contributed by atoms with Crippen LogP contribution in [-0.2, 0) is 0 Å². The Morgan fingerprint density at radius 3 is 2.72 bits per heavy atom. The summed E-state index contributed by atoms with van der Waals surface area (Å²) >= 11 is 5.37. The summed E-state index contributed by atoms with van der Waals surface area (Å²) in [4.78, 5) is 3.39. The molecule has 0 saturated carbocycles. The van der Waals surface area contributed by atoms with Crippen molar-refractivity contribution in [2.24, 2.45) is 0 Å². The predicted octanol–water partition coefficient (Wildman–Crippen LogP) is 2.78. The molecule has 0 aromatic heterocycles. The van der Waals surface area contributed by atoms with Crippen molar-refractivity contribution in [3.05, 3.63) is 35.4 Å². The van der Waals surface area contributed by atoms with E-state index in [4.69, 9.17) is 12.2 Å². The monoisotopic (exact) mass is 262 g/mol. The SMILES string of the molecule is CCN(CC)CCC1CNC(=S)c2ccccc21. The van der Waals surface area contributed by atoms with E-state index in [1.165, 1.54) is 24.1 Å². The molecule has 1 aromatic rings. The Kier molecular flexibility index (Phi) is 4.72. The van der Waals surface area contributed by atoms with Gasteiger partial charge in [0, 0.05) is 18.0 Å². The van der Waals surface area contributed by atoms with Crippen LogP contribution in [0, 0.1) is 0 Å². The van der Waals surface area contributed by atoms with Crippen molar-refractivity contribution >= 4 is 17.2 Å². The average Bonchev–Trinajstić information content (AvgIpc) is 2.42. The van der Waals surface area contributed by atoms with Crippen molar-refractivity contribution < 1.29 is 0 Å². The zero-order valence-corrected chi connectivity index (χ0v) is 12.1. The van der Waals surface area contributed by atoms with E-state index >= 15 is 0 Å². The van der Waals surface area contributed by atoms with Crippen LogP contribution < -0.4 is 5.32 Å². The molecule has 1 aliphatic rings. The van der Waals surface area contributed by atoms with Crippen LogP contribution in [0.5, 0.6) is 0 Å². The van der Waals surface area contributed by atoms with Gasteiger partial charge in [0.05, 0.1) is 0 Å². The van der Waals surface area contributed by atoms with E-state index in [0.29, 0.717) is 5.92 Å². The van der Waals surface area contributed by atoms with E-state index in [1.54, 1.807) is 0 Å². The third kappa shape index (κ3) is 2.90. The summed E-state index contributed by atoms with van der Waals surface area (Å²) in [6.45, 7) is 8.88. The predicted molar refractivity (Wildman–Crippen MR) is 81.3 cm³/mol. The van der Waals surface area contributed by atoms with Crippen LogP contribution in [-0.4, -0.2) is 36.1 Å². The first kappa shape index (κ1) is 13.5. The molecular weight excluding hydrogens is 240 g/mol. The molecule has 98 valence electrons. The van der Waals surface area contributed by atoms with Crippen LogP contribution >= 0.6 is 12.2 Å². The van der Waals surface area contributed by atoms with Gasteiger partial charge in [0.15, 0.2) is 0 Å². The number of fused-ring (bicyclic) bond motifs is 1. The number of thiocarbonyl (C=S) groups is 1. The van der Waals surface area contributed by atoms with Crippen molar-refractivity contribution in [1.29, 1.82) is 0 Å². The Labute approximate surface area is 115 Å². The maximum atomic E-state index is 5.37. The second-order valence-corrected chi connectivity index (χ2v) is 5.22. The smallest absolute Gasteiger partial charge is 0.106 e. The van der Waals surface area contributed by atoms with Crippen LogP contribution in [0.4, 0.5) is 0 Å². The van der Waals surface area contributed by atoms with Gasteiger partial charge >= 0.3 is 0 Å². The van der Waals surface area contributed by atoms with Crippen LogP contribution in [0.2, 0.25) is 0 Å². The Morgan fingerprint density at radius 1 is 1.28 bits per heavy atom. The minimum Gasteiger partial charge on any atom is -0.375 e. The number of benzene rings is 1. The zero-order valence-electron chi connectivity index (χ0n) is 11.3. The quantitative estimate of drug-likeness (QED) is 0.822. The fourth-order valence-corrected chi connectivity index (χ4v) is 2.89. The molecule has 1 heterocycles. The van der Waals surface area contributed by atoms with E-state index in [-0.39, 0.29) is 0 Å². The molecule has 18 heavy (non-hydrogen) atoms. The van der Waals surface area contributed by atoms with Crippen LogP contribution in [0.3, 0.4) is 0 Å². The summed E-state index contributed by atoms with van der Waals surface area (Å²) in [5, 5.41) is 3.36. The molecule has 0 amide bonds. The summed E-state index contributed by atoms with van der Waals surface area (Å²) in [6, 6.07) is 8.56. The molecule has 0 radical (unpaired) electrons. The minimum absolute atomic E-state index is 0.591. The number of hydrogen-bond donors (Lipinski definition) is 1. The van der Waals surface area contributed by atoms with Gasteiger partial charge in [-0.05, 0) is 31.6 Å². The Balaban J connectivity index is 2.07. The highest BCUT2D eigenvalue weighted by Gasteiger charge is 2.22. The third-order valence-electron chi connectivity index (χ3n) is 3.84. The number of nitrogens with one attached hydrogen (secondary N) is 1. The maximum Gasteiger partial charge on any atom is 0.106 e. The molecule has 3 heteroatoms. The zero-order chi connectivity index (χ0) is 13.0. The van der Waals surface area contributed by atoms with Crippen molar-refractivity contribution in [3.63, 3.8) is 0 Å². The van der Waals surface area contributed by atoms with E-state index in [1.807, 2.05) is 0 Å². The molecule has 0 saturated heterocycles. The van der Waals surface area contributed by atoms with Crippen LogP contribution in [0.15, 0.2) is 24.3 Å². The Morgan fingerprint density at radius 2 is 2.00 bits per heavy atom. The summed E-state index contributed by atoms with van der Waals surface area (Å²) in [7, 11) is 0. The highest BCUT2D eigenvalue weighted by atomic mass is 32.1. The largest absolute Gasteiger partial charge is 0.375 e. The molecule has 1 aromatic carbocycles. The molecule has 1 atom stereocenters. The second-order valence-electron chi connectivity index (χ2n) is 4.81. The minimum atomic E-state index is 0.591. The summed E-state index contributed by atoms with van der Waals surface area (Å²) < 4.78 is 0. The van der Waals surface area contributed by atoms with E-state index < -0.39 is 0 Å². The first-order valence-corrected chi connectivity index (χ1v) is 7.26. The number of hydrogen-bond acceptors (Lipinski definition) is 2. The normalized spacial score (nSPS) is 18.6. The van der Waals surface area contributed by atoms with Crippen molar-refractivity contribution in [2.45, 2.75) is 26.2 Å². The number of rotatable bonds is 5. The van der Waals surface area contributed by atoms with Gasteiger partial charge in [-0.2, -0.15) is 0 Å². The number of nitrogens with zero attached hydrogens (tertiary/aromatic N) is 1. The van der Waals surface area contributed by atoms with Crippen LogP contribution in [0.1, 0.15) is 37.3 Å². The molecule has 1 aliphatic heterocycles.